The Bertz CT molecular complexity index is 332. The quantitative estimate of drug-likeness (QED) is 0.557. The van der Waals surface area contributed by atoms with Crippen molar-refractivity contribution < 1.29 is 14.6 Å². The van der Waals surface area contributed by atoms with E-state index in [9.17, 15) is 9.90 Å². The largest absolute Gasteiger partial charge is 0.444 e. The van der Waals surface area contributed by atoms with Crippen LogP contribution in [0.25, 0.3) is 0 Å². The number of ether oxygens (including phenoxy) is 1. The molecule has 0 aliphatic heterocycles. The summed E-state index contributed by atoms with van der Waals surface area (Å²) in [5.74, 6) is 0.768. The molecule has 0 aromatic carbocycles. The van der Waals surface area contributed by atoms with Gasteiger partial charge in [0.05, 0.1) is 6.10 Å². The lowest BCUT2D eigenvalue weighted by atomic mass is 10.0. The summed E-state index contributed by atoms with van der Waals surface area (Å²) in [6, 6.07) is 0. The third kappa shape index (κ3) is 9.82. The molecule has 1 unspecified atom stereocenters. The number of aliphatic hydroxyl groups excluding tert-OH is 1. The van der Waals surface area contributed by atoms with E-state index in [1.54, 1.807) is 11.8 Å². The molecule has 0 aromatic rings. The van der Waals surface area contributed by atoms with Crippen molar-refractivity contribution in [3.8, 4) is 0 Å². The van der Waals surface area contributed by atoms with Gasteiger partial charge in [-0.3, -0.25) is 0 Å². The molecule has 1 saturated carbocycles. The fourth-order valence-corrected chi connectivity index (χ4v) is 2.99. The number of amides is 1. The van der Waals surface area contributed by atoms with Crippen LogP contribution in [0.2, 0.25) is 0 Å². The van der Waals surface area contributed by atoms with Crippen LogP contribution in [0.4, 0.5) is 4.79 Å². The van der Waals surface area contributed by atoms with Crippen molar-refractivity contribution in [2.75, 3.05) is 26.2 Å². The maximum absolute atomic E-state index is 12.2. The average molecular weight is 328 g/mol. The summed E-state index contributed by atoms with van der Waals surface area (Å²) in [5, 5.41) is 13.1. The van der Waals surface area contributed by atoms with Crippen molar-refractivity contribution in [2.45, 2.75) is 77.9 Å². The molecule has 0 bridgehead atoms. The Hall–Kier alpha value is -0.810. The van der Waals surface area contributed by atoms with E-state index in [1.165, 1.54) is 38.5 Å². The molecule has 0 aromatic heterocycles. The van der Waals surface area contributed by atoms with Crippen LogP contribution in [0.15, 0.2) is 0 Å². The second-order valence-electron chi connectivity index (χ2n) is 7.84. The molecule has 5 heteroatoms. The van der Waals surface area contributed by atoms with Crippen LogP contribution in [0.3, 0.4) is 0 Å². The molecule has 1 rings (SSSR count). The Labute approximate surface area is 141 Å². The van der Waals surface area contributed by atoms with Gasteiger partial charge in [-0.15, -0.1) is 0 Å². The van der Waals surface area contributed by atoms with E-state index in [1.807, 2.05) is 20.8 Å². The van der Waals surface area contributed by atoms with Crippen molar-refractivity contribution in [3.63, 3.8) is 0 Å². The number of nitrogens with zero attached hydrogens (tertiary/aromatic N) is 1. The second-order valence-corrected chi connectivity index (χ2v) is 7.84. The smallest absolute Gasteiger partial charge is 0.410 e. The van der Waals surface area contributed by atoms with Crippen LogP contribution >= 0.6 is 0 Å². The van der Waals surface area contributed by atoms with Crippen LogP contribution in [-0.2, 0) is 4.74 Å². The predicted octanol–water partition coefficient (Wildman–Crippen LogP) is 3.16. The Morgan fingerprint density at radius 2 is 1.87 bits per heavy atom. The van der Waals surface area contributed by atoms with Crippen molar-refractivity contribution in [3.05, 3.63) is 0 Å². The lowest BCUT2D eigenvalue weighted by molar-refractivity contribution is 0.0164. The zero-order valence-electron chi connectivity index (χ0n) is 15.4. The molecule has 5 nitrogen and oxygen atoms in total. The Kier molecular flexibility index (Phi) is 8.92. The van der Waals surface area contributed by atoms with Crippen LogP contribution < -0.4 is 5.32 Å². The van der Waals surface area contributed by atoms with Gasteiger partial charge in [0.1, 0.15) is 5.60 Å². The average Bonchev–Trinajstić information content (AvgIpc) is 2.68. The van der Waals surface area contributed by atoms with E-state index in [-0.39, 0.29) is 6.09 Å². The number of carbonyl (C=O) groups is 1. The van der Waals surface area contributed by atoms with Crippen molar-refractivity contribution in [2.24, 2.45) is 5.92 Å². The number of aliphatic hydroxyl groups is 1. The van der Waals surface area contributed by atoms with E-state index in [0.717, 1.165) is 19.0 Å². The molecular formula is C18H36N2O3. The van der Waals surface area contributed by atoms with Gasteiger partial charge < -0.3 is 20.1 Å². The highest BCUT2D eigenvalue weighted by atomic mass is 16.6. The van der Waals surface area contributed by atoms with Crippen molar-refractivity contribution in [1.82, 2.24) is 10.2 Å². The van der Waals surface area contributed by atoms with Crippen molar-refractivity contribution in [1.29, 1.82) is 0 Å². The minimum atomic E-state index is -0.552. The van der Waals surface area contributed by atoms with E-state index in [2.05, 4.69) is 5.32 Å². The number of hydrogen-bond acceptors (Lipinski definition) is 4. The zero-order valence-corrected chi connectivity index (χ0v) is 15.4. The number of hydrogen-bond donors (Lipinski definition) is 2. The van der Waals surface area contributed by atoms with Gasteiger partial charge in [0.2, 0.25) is 0 Å². The summed E-state index contributed by atoms with van der Waals surface area (Å²) in [6.07, 6.45) is 7.16. The monoisotopic (exact) mass is 328 g/mol. The lowest BCUT2D eigenvalue weighted by Gasteiger charge is -2.28. The van der Waals surface area contributed by atoms with Crippen molar-refractivity contribution >= 4 is 6.09 Å². The molecule has 0 spiro atoms. The Morgan fingerprint density at radius 1 is 1.26 bits per heavy atom. The first-order valence-electron chi connectivity index (χ1n) is 9.14. The minimum absolute atomic E-state index is 0.306. The zero-order chi connectivity index (χ0) is 17.3. The van der Waals surface area contributed by atoms with Gasteiger partial charge in [-0.2, -0.15) is 0 Å². The van der Waals surface area contributed by atoms with E-state index in [4.69, 9.17) is 4.74 Å². The summed E-state index contributed by atoms with van der Waals surface area (Å²) in [5.41, 5.74) is -0.512. The molecule has 0 heterocycles. The molecule has 23 heavy (non-hydrogen) atoms. The Balaban J connectivity index is 2.34. The first kappa shape index (κ1) is 20.2. The molecular weight excluding hydrogens is 292 g/mol. The highest BCUT2D eigenvalue weighted by Crippen LogP contribution is 2.21. The molecule has 1 atom stereocenters. The topological polar surface area (TPSA) is 61.8 Å². The SMILES string of the molecule is CC(O)CN(CCNCC1CCCCCC1)C(=O)OC(C)(C)C. The predicted molar refractivity (Wildman–Crippen MR) is 93.5 cm³/mol. The summed E-state index contributed by atoms with van der Waals surface area (Å²) >= 11 is 0. The molecule has 2 N–H and O–H groups in total. The summed E-state index contributed by atoms with van der Waals surface area (Å²) < 4.78 is 5.41. The maximum atomic E-state index is 12.2. The van der Waals surface area contributed by atoms with Gasteiger partial charge in [0, 0.05) is 19.6 Å². The summed E-state index contributed by atoms with van der Waals surface area (Å²) in [6.45, 7) is 9.89. The molecule has 0 radical (unpaired) electrons. The minimum Gasteiger partial charge on any atom is -0.444 e. The normalized spacial score (nSPS) is 18.3. The fraction of sp³-hybridized carbons (Fsp3) is 0.944. The van der Waals surface area contributed by atoms with Gasteiger partial charge in [0.25, 0.3) is 0 Å². The number of nitrogens with one attached hydrogen (secondary N) is 1. The van der Waals surface area contributed by atoms with E-state index < -0.39 is 11.7 Å². The van der Waals surface area contributed by atoms with Crippen LogP contribution in [0, 0.1) is 5.92 Å². The molecule has 1 aliphatic carbocycles. The van der Waals surface area contributed by atoms with Gasteiger partial charge in [0.15, 0.2) is 0 Å². The third-order valence-electron chi connectivity index (χ3n) is 4.10. The highest BCUT2D eigenvalue weighted by Gasteiger charge is 2.23. The first-order chi connectivity index (χ1) is 10.8. The Morgan fingerprint density at radius 3 is 2.39 bits per heavy atom. The molecule has 136 valence electrons. The summed E-state index contributed by atoms with van der Waals surface area (Å²) in [4.78, 5) is 13.8. The maximum Gasteiger partial charge on any atom is 0.410 e. The molecule has 1 aliphatic rings. The van der Waals surface area contributed by atoms with Gasteiger partial charge in [-0.05, 0) is 53.0 Å². The summed E-state index contributed by atoms with van der Waals surface area (Å²) in [7, 11) is 0. The van der Waals surface area contributed by atoms with Gasteiger partial charge in [-0.1, -0.05) is 25.7 Å². The number of rotatable bonds is 7. The van der Waals surface area contributed by atoms with Gasteiger partial charge in [-0.25, -0.2) is 4.79 Å². The molecule has 0 saturated heterocycles. The second kappa shape index (κ2) is 10.1. The highest BCUT2D eigenvalue weighted by molar-refractivity contribution is 5.68. The van der Waals surface area contributed by atoms with Crippen LogP contribution in [0.1, 0.15) is 66.2 Å². The lowest BCUT2D eigenvalue weighted by Crippen LogP contribution is -2.44. The third-order valence-corrected chi connectivity index (χ3v) is 4.10. The van der Waals surface area contributed by atoms with E-state index >= 15 is 0 Å². The van der Waals surface area contributed by atoms with Gasteiger partial charge >= 0.3 is 6.09 Å². The van der Waals surface area contributed by atoms with E-state index in [0.29, 0.717) is 13.1 Å². The molecule has 1 amide bonds. The molecule has 1 fully saturated rings. The van der Waals surface area contributed by atoms with Crippen LogP contribution in [-0.4, -0.2) is 54.0 Å². The standard InChI is InChI=1S/C18H36N2O3/c1-15(21)14-20(17(22)23-18(2,3)4)12-11-19-13-16-9-7-5-6-8-10-16/h15-16,19,21H,5-14H2,1-4H3. The first-order valence-corrected chi connectivity index (χ1v) is 9.14. The van der Waals surface area contributed by atoms with Crippen LogP contribution in [0.5, 0.6) is 0 Å². The number of carbonyl (C=O) groups excluding carboxylic acids is 1. The fourth-order valence-electron chi connectivity index (χ4n) is 2.99.